The average molecular weight is 198 g/mol. The Balaban J connectivity index is 1.91. The van der Waals surface area contributed by atoms with Gasteiger partial charge in [0.25, 0.3) is 0 Å². The maximum absolute atomic E-state index is 11.3. The van der Waals surface area contributed by atoms with Crippen molar-refractivity contribution in [2.24, 2.45) is 5.41 Å². The number of hydrogen-bond donors (Lipinski definition) is 1. The summed E-state index contributed by atoms with van der Waals surface area (Å²) in [6.45, 7) is 6.51. The highest BCUT2D eigenvalue weighted by molar-refractivity contribution is 5.69. The Hall–Kier alpha value is -0.770. The molecule has 1 N–H and O–H groups in total. The van der Waals surface area contributed by atoms with Crippen LogP contribution in [0.4, 0.5) is 4.79 Å². The van der Waals surface area contributed by atoms with Gasteiger partial charge in [0.15, 0.2) is 0 Å². The number of nitrogens with one attached hydrogen (secondary N) is 1. The molecule has 2 aliphatic rings. The molecule has 14 heavy (non-hydrogen) atoms. The lowest BCUT2D eigenvalue weighted by Gasteiger charge is -2.36. The Morgan fingerprint density at radius 3 is 3.07 bits per heavy atom. The number of nitrogens with zero attached hydrogens (tertiary/aromatic N) is 1. The molecule has 1 atom stereocenters. The Morgan fingerprint density at radius 1 is 1.64 bits per heavy atom. The zero-order valence-electron chi connectivity index (χ0n) is 8.71. The second-order valence-corrected chi connectivity index (χ2v) is 4.63. The Bertz CT molecular complexity index is 224. The topological polar surface area (TPSA) is 41.6 Å². The van der Waals surface area contributed by atoms with Gasteiger partial charge in [-0.1, -0.05) is 6.92 Å². The SMILES string of the molecule is CC1(CN2CCOC2=O)CCCNC1. The first-order valence-corrected chi connectivity index (χ1v) is 5.32. The van der Waals surface area contributed by atoms with E-state index in [1.54, 1.807) is 0 Å². The van der Waals surface area contributed by atoms with Gasteiger partial charge < -0.3 is 15.0 Å². The number of amides is 1. The Labute approximate surface area is 84.6 Å². The lowest BCUT2D eigenvalue weighted by Crippen LogP contribution is -2.46. The van der Waals surface area contributed by atoms with Gasteiger partial charge in [0, 0.05) is 13.1 Å². The van der Waals surface area contributed by atoms with Gasteiger partial charge in [0.05, 0.1) is 6.54 Å². The van der Waals surface area contributed by atoms with Crippen molar-refractivity contribution in [2.45, 2.75) is 19.8 Å². The second-order valence-electron chi connectivity index (χ2n) is 4.63. The average Bonchev–Trinajstić information content (AvgIpc) is 2.52. The van der Waals surface area contributed by atoms with E-state index >= 15 is 0 Å². The van der Waals surface area contributed by atoms with Crippen molar-refractivity contribution in [3.8, 4) is 0 Å². The third kappa shape index (κ3) is 2.00. The summed E-state index contributed by atoms with van der Waals surface area (Å²) in [7, 11) is 0. The molecular weight excluding hydrogens is 180 g/mol. The molecule has 80 valence electrons. The zero-order valence-corrected chi connectivity index (χ0v) is 8.71. The third-order valence-corrected chi connectivity index (χ3v) is 3.10. The number of rotatable bonds is 2. The van der Waals surface area contributed by atoms with Crippen LogP contribution < -0.4 is 5.32 Å². The van der Waals surface area contributed by atoms with E-state index in [1.807, 2.05) is 4.90 Å². The summed E-state index contributed by atoms with van der Waals surface area (Å²) < 4.78 is 4.92. The Morgan fingerprint density at radius 2 is 2.50 bits per heavy atom. The summed E-state index contributed by atoms with van der Waals surface area (Å²) in [5, 5.41) is 3.39. The monoisotopic (exact) mass is 198 g/mol. The van der Waals surface area contributed by atoms with E-state index in [9.17, 15) is 4.79 Å². The minimum Gasteiger partial charge on any atom is -0.448 e. The van der Waals surface area contributed by atoms with Gasteiger partial charge in [-0.15, -0.1) is 0 Å². The van der Waals surface area contributed by atoms with Crippen molar-refractivity contribution in [1.29, 1.82) is 0 Å². The Kier molecular flexibility index (Phi) is 2.63. The minimum absolute atomic E-state index is 0.142. The molecule has 2 aliphatic heterocycles. The fourth-order valence-corrected chi connectivity index (χ4v) is 2.28. The molecule has 0 saturated carbocycles. The summed E-state index contributed by atoms with van der Waals surface area (Å²) >= 11 is 0. The summed E-state index contributed by atoms with van der Waals surface area (Å²) in [6.07, 6.45) is 2.26. The maximum Gasteiger partial charge on any atom is 0.409 e. The van der Waals surface area contributed by atoms with Crippen LogP contribution in [0.1, 0.15) is 19.8 Å². The molecule has 2 rings (SSSR count). The van der Waals surface area contributed by atoms with Crippen LogP contribution in [0.5, 0.6) is 0 Å². The van der Waals surface area contributed by atoms with Crippen molar-refractivity contribution in [1.82, 2.24) is 10.2 Å². The van der Waals surface area contributed by atoms with Crippen LogP contribution >= 0.6 is 0 Å². The van der Waals surface area contributed by atoms with Gasteiger partial charge in [0.1, 0.15) is 6.61 Å². The van der Waals surface area contributed by atoms with E-state index in [0.29, 0.717) is 6.61 Å². The van der Waals surface area contributed by atoms with Crippen molar-refractivity contribution in [2.75, 3.05) is 32.8 Å². The minimum atomic E-state index is -0.142. The maximum atomic E-state index is 11.3. The van der Waals surface area contributed by atoms with E-state index in [-0.39, 0.29) is 11.5 Å². The first-order valence-electron chi connectivity index (χ1n) is 5.32. The van der Waals surface area contributed by atoms with Gasteiger partial charge in [-0.2, -0.15) is 0 Å². The molecule has 4 nitrogen and oxygen atoms in total. The van der Waals surface area contributed by atoms with E-state index in [1.165, 1.54) is 12.8 Å². The van der Waals surface area contributed by atoms with E-state index in [0.717, 1.165) is 26.2 Å². The molecule has 0 aromatic rings. The molecule has 0 radical (unpaired) electrons. The van der Waals surface area contributed by atoms with Gasteiger partial charge in [-0.3, -0.25) is 0 Å². The first kappa shape index (κ1) is 9.77. The van der Waals surface area contributed by atoms with E-state index in [4.69, 9.17) is 4.74 Å². The predicted molar refractivity (Wildman–Crippen MR) is 53.1 cm³/mol. The second kappa shape index (κ2) is 3.77. The summed E-state index contributed by atoms with van der Waals surface area (Å²) in [6, 6.07) is 0. The summed E-state index contributed by atoms with van der Waals surface area (Å²) in [5.41, 5.74) is 0.238. The largest absolute Gasteiger partial charge is 0.448 e. The molecule has 1 unspecified atom stereocenters. The van der Waals surface area contributed by atoms with Crippen LogP contribution in [-0.2, 0) is 4.74 Å². The molecule has 0 bridgehead atoms. The van der Waals surface area contributed by atoms with E-state index < -0.39 is 0 Å². The highest BCUT2D eigenvalue weighted by atomic mass is 16.6. The number of hydrogen-bond acceptors (Lipinski definition) is 3. The van der Waals surface area contributed by atoms with Crippen LogP contribution in [-0.4, -0.2) is 43.8 Å². The molecule has 2 saturated heterocycles. The predicted octanol–water partition coefficient (Wildman–Crippen LogP) is 0.828. The fraction of sp³-hybridized carbons (Fsp3) is 0.900. The molecule has 0 spiro atoms. The quantitative estimate of drug-likeness (QED) is 0.714. The lowest BCUT2D eigenvalue weighted by atomic mass is 9.82. The van der Waals surface area contributed by atoms with Crippen LogP contribution in [0.3, 0.4) is 0 Å². The van der Waals surface area contributed by atoms with Crippen molar-refractivity contribution in [3.63, 3.8) is 0 Å². The van der Waals surface area contributed by atoms with E-state index in [2.05, 4.69) is 12.2 Å². The van der Waals surface area contributed by atoms with Gasteiger partial charge in [0.2, 0.25) is 0 Å². The van der Waals surface area contributed by atoms with Gasteiger partial charge in [-0.25, -0.2) is 4.79 Å². The summed E-state index contributed by atoms with van der Waals surface area (Å²) in [5.74, 6) is 0. The number of carbonyl (C=O) groups excluding carboxylic acids is 1. The van der Waals surface area contributed by atoms with Crippen LogP contribution in [0.25, 0.3) is 0 Å². The molecule has 2 fully saturated rings. The third-order valence-electron chi connectivity index (χ3n) is 3.10. The number of piperidine rings is 1. The molecule has 0 aliphatic carbocycles. The molecular formula is C10H18N2O2. The standard InChI is InChI=1S/C10H18N2O2/c1-10(3-2-4-11-7-10)8-12-5-6-14-9(12)13/h11H,2-8H2,1H3. The molecule has 4 heteroatoms. The zero-order chi connectivity index (χ0) is 10.0. The molecule has 2 heterocycles. The molecule has 1 amide bonds. The fourth-order valence-electron chi connectivity index (χ4n) is 2.28. The normalized spacial score (nSPS) is 33.2. The first-order chi connectivity index (χ1) is 6.70. The highest BCUT2D eigenvalue weighted by Crippen LogP contribution is 2.27. The lowest BCUT2D eigenvalue weighted by molar-refractivity contribution is 0.131. The van der Waals surface area contributed by atoms with Crippen molar-refractivity contribution < 1.29 is 9.53 Å². The highest BCUT2D eigenvalue weighted by Gasteiger charge is 2.33. The van der Waals surface area contributed by atoms with Crippen LogP contribution in [0.2, 0.25) is 0 Å². The summed E-state index contributed by atoms with van der Waals surface area (Å²) in [4.78, 5) is 13.1. The smallest absolute Gasteiger partial charge is 0.409 e. The van der Waals surface area contributed by atoms with Gasteiger partial charge >= 0.3 is 6.09 Å². The number of ether oxygens (including phenoxy) is 1. The van der Waals surface area contributed by atoms with Crippen LogP contribution in [0.15, 0.2) is 0 Å². The number of carbonyl (C=O) groups is 1. The van der Waals surface area contributed by atoms with Crippen molar-refractivity contribution >= 4 is 6.09 Å². The van der Waals surface area contributed by atoms with Crippen LogP contribution in [0, 0.1) is 5.41 Å². The molecule has 0 aromatic heterocycles. The number of cyclic esters (lactones) is 1. The molecule has 0 aromatic carbocycles. The van der Waals surface area contributed by atoms with Crippen molar-refractivity contribution in [3.05, 3.63) is 0 Å². The van der Waals surface area contributed by atoms with Gasteiger partial charge in [-0.05, 0) is 24.8 Å².